The van der Waals surface area contributed by atoms with Crippen molar-refractivity contribution >= 4 is 17.4 Å². The smallest absolute Gasteiger partial charge is 0.244 e. The van der Waals surface area contributed by atoms with Crippen LogP contribution in [0.25, 0.3) is 0 Å². The number of hydrogen-bond acceptors (Lipinski definition) is 6. The number of ether oxygens (including phenoxy) is 3. The van der Waals surface area contributed by atoms with Gasteiger partial charge in [0.2, 0.25) is 12.7 Å². The molecule has 2 heterocycles. The van der Waals surface area contributed by atoms with Crippen LogP contribution in [0.15, 0.2) is 12.1 Å². The molecule has 2 aliphatic rings. The number of amides is 1. The van der Waals surface area contributed by atoms with E-state index in [4.69, 9.17) is 14.2 Å². The summed E-state index contributed by atoms with van der Waals surface area (Å²) < 4.78 is 16.1. The van der Waals surface area contributed by atoms with Gasteiger partial charge in [-0.1, -0.05) is 0 Å². The zero-order valence-electron chi connectivity index (χ0n) is 15.8. The third-order valence-electron chi connectivity index (χ3n) is 5.26. The molecule has 1 fully saturated rings. The molecule has 1 amide bonds. The predicted octanol–water partition coefficient (Wildman–Crippen LogP) is 2.45. The minimum Gasteiger partial charge on any atom is -0.454 e. The number of likely N-dealkylation sites (tertiary alicyclic amines) is 1. The molecule has 0 radical (unpaired) electrons. The Hall–Kier alpha value is -2.12. The molecule has 7 heteroatoms. The summed E-state index contributed by atoms with van der Waals surface area (Å²) in [5, 5.41) is 2.92. The summed E-state index contributed by atoms with van der Waals surface area (Å²) in [5.41, 5.74) is 0.159. The van der Waals surface area contributed by atoms with E-state index in [2.05, 4.69) is 10.2 Å². The maximum Gasteiger partial charge on any atom is 0.244 e. The second kappa shape index (κ2) is 7.25. The van der Waals surface area contributed by atoms with E-state index in [0.717, 1.165) is 25.9 Å². The van der Waals surface area contributed by atoms with Gasteiger partial charge in [-0.3, -0.25) is 14.5 Å². The van der Waals surface area contributed by atoms with Crippen LogP contribution in [-0.2, 0) is 9.53 Å². The summed E-state index contributed by atoms with van der Waals surface area (Å²) in [6.45, 7) is 6.96. The number of fused-ring (bicyclic) bond motifs is 1. The fourth-order valence-corrected chi connectivity index (χ4v) is 3.41. The molecule has 0 saturated carbocycles. The largest absolute Gasteiger partial charge is 0.454 e. The molecule has 1 N–H and O–H groups in total. The third-order valence-corrected chi connectivity index (χ3v) is 5.26. The first-order chi connectivity index (χ1) is 12.3. The number of rotatable bonds is 5. The van der Waals surface area contributed by atoms with E-state index in [9.17, 15) is 9.59 Å². The normalized spacial score (nSPS) is 18.0. The molecule has 1 saturated heterocycles. The molecule has 1 aromatic rings. The monoisotopic (exact) mass is 362 g/mol. The Morgan fingerprint density at radius 3 is 2.38 bits per heavy atom. The molecule has 0 aromatic heterocycles. The number of nitrogens with zero attached hydrogens (tertiary/aromatic N) is 1. The summed E-state index contributed by atoms with van der Waals surface area (Å²) in [7, 11) is 1.72. The molecule has 7 nitrogen and oxygen atoms in total. The quantitative estimate of drug-likeness (QED) is 0.811. The zero-order valence-corrected chi connectivity index (χ0v) is 15.8. The Labute approximate surface area is 153 Å². The number of carbonyl (C=O) groups is 2. The van der Waals surface area contributed by atoms with Gasteiger partial charge in [-0.2, -0.15) is 0 Å². The van der Waals surface area contributed by atoms with Crippen LogP contribution >= 0.6 is 0 Å². The van der Waals surface area contributed by atoms with E-state index in [-0.39, 0.29) is 24.6 Å². The molecular formula is C19H26N2O5. The number of benzene rings is 1. The van der Waals surface area contributed by atoms with Crippen molar-refractivity contribution in [1.29, 1.82) is 0 Å². The van der Waals surface area contributed by atoms with Gasteiger partial charge in [-0.15, -0.1) is 0 Å². The lowest BCUT2D eigenvalue weighted by molar-refractivity contribution is -0.128. The van der Waals surface area contributed by atoms with Crippen LogP contribution in [0.4, 0.5) is 5.69 Å². The van der Waals surface area contributed by atoms with Crippen molar-refractivity contribution in [3.8, 4) is 11.5 Å². The number of hydrogen-bond donors (Lipinski definition) is 1. The van der Waals surface area contributed by atoms with E-state index in [1.807, 2.05) is 13.8 Å². The predicted molar refractivity (Wildman–Crippen MR) is 96.9 cm³/mol. The number of Topliss-reactive ketones (excluding diaryl/α,β-unsaturated/α-hetero) is 1. The highest BCUT2D eigenvalue weighted by Gasteiger charge is 2.37. The van der Waals surface area contributed by atoms with Crippen LogP contribution < -0.4 is 14.8 Å². The van der Waals surface area contributed by atoms with E-state index in [0.29, 0.717) is 22.7 Å². The molecule has 0 unspecified atom stereocenters. The number of piperidine rings is 1. The first-order valence-corrected chi connectivity index (χ1v) is 8.87. The van der Waals surface area contributed by atoms with Crippen molar-refractivity contribution in [3.63, 3.8) is 0 Å². The first-order valence-electron chi connectivity index (χ1n) is 8.87. The van der Waals surface area contributed by atoms with Crippen LogP contribution in [0.3, 0.4) is 0 Å². The Balaban J connectivity index is 1.78. The van der Waals surface area contributed by atoms with Crippen molar-refractivity contribution in [2.24, 2.45) is 0 Å². The Kier molecular flexibility index (Phi) is 5.20. The van der Waals surface area contributed by atoms with Crippen LogP contribution in [0.2, 0.25) is 0 Å². The Morgan fingerprint density at radius 1 is 1.19 bits per heavy atom. The lowest BCUT2D eigenvalue weighted by Gasteiger charge is -2.41. The maximum absolute atomic E-state index is 13.0. The molecule has 0 spiro atoms. The van der Waals surface area contributed by atoms with Gasteiger partial charge in [0.1, 0.15) is 0 Å². The van der Waals surface area contributed by atoms with Gasteiger partial charge in [0.15, 0.2) is 17.3 Å². The van der Waals surface area contributed by atoms with E-state index < -0.39 is 5.54 Å². The molecular weight excluding hydrogens is 336 g/mol. The number of nitrogens with one attached hydrogen (secondary N) is 1. The number of carbonyl (C=O) groups excluding carboxylic acids is 2. The van der Waals surface area contributed by atoms with Gasteiger partial charge in [0, 0.05) is 31.8 Å². The SMILES string of the molecule is COC1CCN(C(C)(C)C(=O)Nc2cc3c(cc2C(C)=O)OCO3)CC1. The second-order valence-corrected chi connectivity index (χ2v) is 7.24. The molecule has 142 valence electrons. The van der Waals surface area contributed by atoms with Crippen LogP contribution in [0.1, 0.15) is 44.0 Å². The highest BCUT2D eigenvalue weighted by molar-refractivity contribution is 6.06. The van der Waals surface area contributed by atoms with Crippen molar-refractivity contribution in [2.45, 2.75) is 45.3 Å². The van der Waals surface area contributed by atoms with Crippen molar-refractivity contribution in [1.82, 2.24) is 4.90 Å². The Morgan fingerprint density at radius 2 is 1.81 bits per heavy atom. The van der Waals surface area contributed by atoms with Crippen molar-refractivity contribution in [3.05, 3.63) is 17.7 Å². The fourth-order valence-electron chi connectivity index (χ4n) is 3.41. The molecule has 0 bridgehead atoms. The molecule has 1 aromatic carbocycles. The highest BCUT2D eigenvalue weighted by atomic mass is 16.7. The van der Waals surface area contributed by atoms with Gasteiger partial charge < -0.3 is 19.5 Å². The standard InChI is InChI=1S/C19H26N2O5/c1-12(22)14-9-16-17(26-11-25-16)10-15(14)20-18(23)19(2,3)21-7-5-13(24-4)6-8-21/h9-10,13H,5-8,11H2,1-4H3,(H,20,23). The lowest BCUT2D eigenvalue weighted by atomic mass is 9.96. The summed E-state index contributed by atoms with van der Waals surface area (Å²) in [6, 6.07) is 3.28. The van der Waals surface area contributed by atoms with Gasteiger partial charge in [-0.05, 0) is 39.7 Å². The van der Waals surface area contributed by atoms with Gasteiger partial charge in [0.05, 0.1) is 17.3 Å². The van der Waals surface area contributed by atoms with E-state index in [1.165, 1.54) is 6.92 Å². The number of ketones is 1. The molecule has 0 atom stereocenters. The molecule has 26 heavy (non-hydrogen) atoms. The van der Waals surface area contributed by atoms with Gasteiger partial charge in [0.25, 0.3) is 0 Å². The Bertz CT molecular complexity index is 708. The molecule has 3 rings (SSSR count). The summed E-state index contributed by atoms with van der Waals surface area (Å²) in [4.78, 5) is 27.1. The van der Waals surface area contributed by atoms with Crippen LogP contribution in [0.5, 0.6) is 11.5 Å². The molecule has 0 aliphatic carbocycles. The van der Waals surface area contributed by atoms with Gasteiger partial charge >= 0.3 is 0 Å². The average molecular weight is 362 g/mol. The molecule has 2 aliphatic heterocycles. The minimum atomic E-state index is -0.705. The highest BCUT2D eigenvalue weighted by Crippen LogP contribution is 2.37. The van der Waals surface area contributed by atoms with E-state index in [1.54, 1.807) is 19.2 Å². The average Bonchev–Trinajstić information content (AvgIpc) is 3.08. The zero-order chi connectivity index (χ0) is 18.9. The summed E-state index contributed by atoms with van der Waals surface area (Å²) in [6.07, 6.45) is 2.05. The fraction of sp³-hybridized carbons (Fsp3) is 0.579. The minimum absolute atomic E-state index is 0.115. The van der Waals surface area contributed by atoms with Crippen LogP contribution in [0, 0.1) is 0 Å². The lowest BCUT2D eigenvalue weighted by Crippen LogP contribution is -2.55. The van der Waals surface area contributed by atoms with Crippen molar-refractivity contribution in [2.75, 3.05) is 32.3 Å². The summed E-state index contributed by atoms with van der Waals surface area (Å²) in [5.74, 6) is 0.755. The second-order valence-electron chi connectivity index (χ2n) is 7.24. The summed E-state index contributed by atoms with van der Waals surface area (Å²) >= 11 is 0. The maximum atomic E-state index is 13.0. The topological polar surface area (TPSA) is 77.1 Å². The number of anilines is 1. The third kappa shape index (κ3) is 3.54. The number of methoxy groups -OCH3 is 1. The van der Waals surface area contributed by atoms with Gasteiger partial charge in [-0.25, -0.2) is 0 Å². The van der Waals surface area contributed by atoms with Crippen molar-refractivity contribution < 1.29 is 23.8 Å². The van der Waals surface area contributed by atoms with E-state index >= 15 is 0 Å². The van der Waals surface area contributed by atoms with Crippen LogP contribution in [-0.4, -0.2) is 55.2 Å². The first kappa shape index (κ1) is 18.7.